The second kappa shape index (κ2) is 9.54. The predicted molar refractivity (Wildman–Crippen MR) is 119 cm³/mol. The first-order valence-corrected chi connectivity index (χ1v) is 12.8. The van der Waals surface area contributed by atoms with Gasteiger partial charge in [0.25, 0.3) is 5.69 Å². The summed E-state index contributed by atoms with van der Waals surface area (Å²) < 4.78 is 27.2. The Morgan fingerprint density at radius 3 is 2.63 bits per heavy atom. The molecule has 1 heterocycles. The van der Waals surface area contributed by atoms with E-state index >= 15 is 0 Å². The molecule has 0 saturated carbocycles. The number of thiazole rings is 1. The quantitative estimate of drug-likeness (QED) is 0.373. The van der Waals surface area contributed by atoms with Gasteiger partial charge in [0.15, 0.2) is 14.6 Å². The molecule has 0 saturated heterocycles. The molecular formula is C19H19N3O5S3. The third kappa shape index (κ3) is 5.15. The van der Waals surface area contributed by atoms with Crippen LogP contribution in [0.1, 0.15) is 6.42 Å². The lowest BCUT2D eigenvalue weighted by molar-refractivity contribution is -0.384. The number of thioether (sulfide) groups is 1. The van der Waals surface area contributed by atoms with E-state index in [0.717, 1.165) is 11.3 Å². The van der Waals surface area contributed by atoms with Gasteiger partial charge in [0.05, 0.1) is 25.8 Å². The maximum atomic E-state index is 12.4. The number of fused-ring (bicyclic) bond motifs is 1. The van der Waals surface area contributed by atoms with Crippen molar-refractivity contribution in [2.45, 2.75) is 17.9 Å². The molecule has 158 valence electrons. The summed E-state index contributed by atoms with van der Waals surface area (Å²) in [6.07, 6.45) is 1.71. The fraction of sp³-hybridized carbons (Fsp3) is 0.263. The van der Waals surface area contributed by atoms with Crippen molar-refractivity contribution in [2.75, 3.05) is 17.8 Å². The van der Waals surface area contributed by atoms with Crippen LogP contribution in [0.2, 0.25) is 0 Å². The maximum Gasteiger partial charge on any atom is 0.270 e. The van der Waals surface area contributed by atoms with Gasteiger partial charge in [-0.15, -0.1) is 0 Å². The number of rotatable bonds is 8. The minimum absolute atomic E-state index is 0.0346. The number of benzene rings is 2. The standard InChI is InChI=1S/C19H19N3O5S3/c1-28-11-10-21-16-8-7-14(22(24)25)13-17(16)29-19(21)20-18(23)9-12-30(26,27)15-5-3-2-4-6-15/h2-8,13H,9-12H2,1H3. The van der Waals surface area contributed by atoms with E-state index in [-0.39, 0.29) is 22.8 Å². The van der Waals surface area contributed by atoms with Gasteiger partial charge in [0, 0.05) is 30.9 Å². The van der Waals surface area contributed by atoms with Gasteiger partial charge in [-0.3, -0.25) is 14.9 Å². The molecular weight excluding hydrogens is 446 g/mol. The minimum Gasteiger partial charge on any atom is -0.316 e. The van der Waals surface area contributed by atoms with Crippen LogP contribution in [0.5, 0.6) is 0 Å². The highest BCUT2D eigenvalue weighted by molar-refractivity contribution is 7.98. The molecule has 0 aliphatic carbocycles. The number of carbonyl (C=O) groups is 1. The van der Waals surface area contributed by atoms with Crippen molar-refractivity contribution in [3.63, 3.8) is 0 Å². The average Bonchev–Trinajstić information content (AvgIpc) is 3.07. The summed E-state index contributed by atoms with van der Waals surface area (Å²) in [4.78, 5) is 27.7. The third-order valence-electron chi connectivity index (χ3n) is 4.30. The number of amides is 1. The van der Waals surface area contributed by atoms with Crippen LogP contribution < -0.4 is 4.80 Å². The lowest BCUT2D eigenvalue weighted by atomic mass is 10.3. The van der Waals surface area contributed by atoms with Crippen molar-refractivity contribution in [1.82, 2.24) is 4.57 Å². The summed E-state index contributed by atoms with van der Waals surface area (Å²) >= 11 is 2.80. The summed E-state index contributed by atoms with van der Waals surface area (Å²) in [6, 6.07) is 12.5. The number of sulfone groups is 1. The van der Waals surface area contributed by atoms with Crippen LogP contribution in [0, 0.1) is 10.1 Å². The van der Waals surface area contributed by atoms with Gasteiger partial charge in [-0.1, -0.05) is 29.5 Å². The first kappa shape index (κ1) is 22.2. The molecule has 0 aliphatic rings. The number of hydrogen-bond acceptors (Lipinski definition) is 7. The largest absolute Gasteiger partial charge is 0.316 e. The molecule has 0 unspecified atom stereocenters. The lowest BCUT2D eigenvalue weighted by Gasteiger charge is -2.04. The van der Waals surface area contributed by atoms with Crippen LogP contribution in [0.4, 0.5) is 5.69 Å². The van der Waals surface area contributed by atoms with Crippen LogP contribution in [0.3, 0.4) is 0 Å². The molecule has 3 aromatic rings. The average molecular weight is 466 g/mol. The number of nitrogens with zero attached hydrogens (tertiary/aromatic N) is 3. The van der Waals surface area contributed by atoms with Crippen molar-refractivity contribution >= 4 is 54.7 Å². The molecule has 8 nitrogen and oxygen atoms in total. The maximum absolute atomic E-state index is 12.4. The molecule has 0 fully saturated rings. The summed E-state index contributed by atoms with van der Waals surface area (Å²) in [6.45, 7) is 0.577. The van der Waals surface area contributed by atoms with Crippen LogP contribution in [-0.2, 0) is 21.2 Å². The highest BCUT2D eigenvalue weighted by atomic mass is 32.2. The Morgan fingerprint density at radius 1 is 1.23 bits per heavy atom. The smallest absolute Gasteiger partial charge is 0.270 e. The Balaban J connectivity index is 1.89. The molecule has 11 heteroatoms. The Morgan fingerprint density at radius 2 is 1.97 bits per heavy atom. The van der Waals surface area contributed by atoms with E-state index in [0.29, 0.717) is 16.0 Å². The number of nitro groups is 1. The number of aryl methyl sites for hydroxylation is 1. The van der Waals surface area contributed by atoms with E-state index in [1.54, 1.807) is 36.0 Å². The van der Waals surface area contributed by atoms with Crippen LogP contribution >= 0.6 is 23.1 Å². The van der Waals surface area contributed by atoms with Crippen LogP contribution in [0.25, 0.3) is 10.2 Å². The van der Waals surface area contributed by atoms with Gasteiger partial charge in [-0.2, -0.15) is 16.8 Å². The van der Waals surface area contributed by atoms with Crippen LogP contribution in [0.15, 0.2) is 58.4 Å². The van der Waals surface area contributed by atoms with E-state index in [1.807, 2.05) is 10.8 Å². The van der Waals surface area contributed by atoms with E-state index in [9.17, 15) is 23.3 Å². The van der Waals surface area contributed by atoms with Crippen molar-refractivity contribution < 1.29 is 18.1 Å². The molecule has 3 rings (SSSR count). The highest BCUT2D eigenvalue weighted by Gasteiger charge is 2.17. The summed E-state index contributed by atoms with van der Waals surface area (Å²) in [5.41, 5.74) is 0.718. The minimum atomic E-state index is -3.57. The number of non-ortho nitro benzene ring substituents is 1. The first-order chi connectivity index (χ1) is 14.3. The SMILES string of the molecule is CSCCn1c(=NC(=O)CCS(=O)(=O)c2ccccc2)sc2cc([N+](=O)[O-])ccc21. The zero-order chi connectivity index (χ0) is 21.7. The highest BCUT2D eigenvalue weighted by Crippen LogP contribution is 2.23. The topological polar surface area (TPSA) is 112 Å². The summed E-state index contributed by atoms with van der Waals surface area (Å²) in [5, 5.41) is 11.0. The number of aromatic nitrogens is 1. The van der Waals surface area contributed by atoms with E-state index in [1.165, 1.54) is 35.6 Å². The molecule has 30 heavy (non-hydrogen) atoms. The zero-order valence-electron chi connectivity index (χ0n) is 16.1. The number of hydrogen-bond donors (Lipinski definition) is 0. The van der Waals surface area contributed by atoms with Gasteiger partial charge in [0.2, 0.25) is 5.91 Å². The van der Waals surface area contributed by atoms with E-state index in [2.05, 4.69) is 4.99 Å². The Kier molecular flexibility index (Phi) is 7.06. The molecule has 1 amide bonds. The van der Waals surface area contributed by atoms with Crippen molar-refractivity contribution in [1.29, 1.82) is 0 Å². The Hall–Kier alpha value is -2.50. The molecule has 2 aromatic carbocycles. The zero-order valence-corrected chi connectivity index (χ0v) is 18.5. The van der Waals surface area contributed by atoms with Gasteiger partial charge in [-0.25, -0.2) is 8.42 Å². The molecule has 0 spiro atoms. The van der Waals surface area contributed by atoms with Gasteiger partial charge >= 0.3 is 0 Å². The van der Waals surface area contributed by atoms with E-state index < -0.39 is 20.7 Å². The molecule has 0 aliphatic heterocycles. The van der Waals surface area contributed by atoms with Crippen LogP contribution in [-0.4, -0.2) is 41.6 Å². The molecule has 0 radical (unpaired) electrons. The van der Waals surface area contributed by atoms with Gasteiger partial charge < -0.3 is 4.57 Å². The first-order valence-electron chi connectivity index (χ1n) is 8.94. The number of carbonyl (C=O) groups excluding carboxylic acids is 1. The van der Waals surface area contributed by atoms with Crippen molar-refractivity contribution in [3.8, 4) is 0 Å². The Labute approximate surface area is 181 Å². The second-order valence-electron chi connectivity index (χ2n) is 6.33. The summed E-state index contributed by atoms with van der Waals surface area (Å²) in [5.74, 6) is -0.110. The summed E-state index contributed by atoms with van der Waals surface area (Å²) in [7, 11) is -3.57. The van der Waals surface area contributed by atoms with E-state index in [4.69, 9.17) is 0 Å². The fourth-order valence-corrected chi connectivity index (χ4v) is 5.51. The molecule has 0 N–H and O–H groups in total. The second-order valence-corrected chi connectivity index (χ2v) is 10.4. The molecule has 0 bridgehead atoms. The molecule has 0 atom stereocenters. The third-order valence-corrected chi connectivity index (χ3v) is 7.67. The fourth-order valence-electron chi connectivity index (χ4n) is 2.79. The predicted octanol–water partition coefficient (Wildman–Crippen LogP) is 3.27. The monoisotopic (exact) mass is 465 g/mol. The van der Waals surface area contributed by atoms with Crippen molar-refractivity contribution in [3.05, 3.63) is 63.4 Å². The normalized spacial score (nSPS) is 12.4. The van der Waals surface area contributed by atoms with Crippen molar-refractivity contribution in [2.24, 2.45) is 4.99 Å². The Bertz CT molecular complexity index is 1250. The molecule has 1 aromatic heterocycles. The number of nitro benzene ring substituents is 1. The lowest BCUT2D eigenvalue weighted by Crippen LogP contribution is -2.19. The van der Waals surface area contributed by atoms with Gasteiger partial charge in [0.1, 0.15) is 0 Å². The van der Waals surface area contributed by atoms with Gasteiger partial charge in [-0.05, 0) is 24.5 Å².